The van der Waals surface area contributed by atoms with Gasteiger partial charge in [0.1, 0.15) is 11.1 Å². The van der Waals surface area contributed by atoms with Crippen molar-refractivity contribution in [3.05, 3.63) is 58.4 Å². The van der Waals surface area contributed by atoms with Gasteiger partial charge in [-0.15, -0.1) is 0 Å². The highest BCUT2D eigenvalue weighted by molar-refractivity contribution is 8.00. The minimum atomic E-state index is -0.335. The zero-order valence-corrected chi connectivity index (χ0v) is 15.5. The van der Waals surface area contributed by atoms with Crippen LogP contribution in [0.5, 0.6) is 0 Å². The van der Waals surface area contributed by atoms with Gasteiger partial charge in [-0.05, 0) is 45.4 Å². The number of fused-ring (bicyclic) bond motifs is 1. The summed E-state index contributed by atoms with van der Waals surface area (Å²) in [6, 6.07) is 11.9. The number of hydrogen-bond donors (Lipinski definition) is 1. The Morgan fingerprint density at radius 2 is 2.00 bits per heavy atom. The number of pyridine rings is 1. The summed E-state index contributed by atoms with van der Waals surface area (Å²) in [4.78, 5) is 20.8. The minimum absolute atomic E-state index is 0.0461. The number of ketones is 1. The molecule has 3 rings (SSSR count). The van der Waals surface area contributed by atoms with Crippen molar-refractivity contribution >= 4 is 28.4 Å². The Hall–Kier alpha value is -2.58. The van der Waals surface area contributed by atoms with Crippen LogP contribution in [0.2, 0.25) is 0 Å². The summed E-state index contributed by atoms with van der Waals surface area (Å²) in [5.74, 6) is 0.0461. The molecule has 0 amide bonds. The van der Waals surface area contributed by atoms with E-state index < -0.39 is 0 Å². The van der Waals surface area contributed by atoms with E-state index in [0.717, 1.165) is 33.4 Å². The Kier molecular flexibility index (Phi) is 4.65. The van der Waals surface area contributed by atoms with Crippen molar-refractivity contribution in [1.29, 1.82) is 5.26 Å². The average molecular weight is 349 g/mol. The van der Waals surface area contributed by atoms with E-state index in [1.165, 1.54) is 11.8 Å². The summed E-state index contributed by atoms with van der Waals surface area (Å²) in [7, 11) is 0. The van der Waals surface area contributed by atoms with Crippen molar-refractivity contribution in [1.82, 2.24) is 9.97 Å². The topological polar surface area (TPSA) is 69.5 Å². The van der Waals surface area contributed by atoms with Gasteiger partial charge in [0.05, 0.1) is 10.8 Å². The summed E-state index contributed by atoms with van der Waals surface area (Å²) in [6.07, 6.45) is 0. The smallest absolute Gasteiger partial charge is 0.178 e. The molecule has 0 saturated carbocycles. The molecule has 0 aliphatic rings. The Bertz CT molecular complexity index is 1010. The van der Waals surface area contributed by atoms with Gasteiger partial charge in [-0.2, -0.15) is 5.26 Å². The molecule has 4 nitrogen and oxygen atoms in total. The number of carbonyl (C=O) groups excluding carboxylic acids is 1. The van der Waals surface area contributed by atoms with Crippen molar-refractivity contribution in [3.8, 4) is 6.07 Å². The number of nitrogens with one attached hydrogen (secondary N) is 1. The molecule has 5 heteroatoms. The van der Waals surface area contributed by atoms with Gasteiger partial charge in [0, 0.05) is 27.9 Å². The summed E-state index contributed by atoms with van der Waals surface area (Å²) < 4.78 is 0. The maximum absolute atomic E-state index is 13.1. The molecule has 0 unspecified atom stereocenters. The van der Waals surface area contributed by atoms with Gasteiger partial charge in [-0.25, -0.2) is 4.98 Å². The molecule has 25 heavy (non-hydrogen) atoms. The lowest BCUT2D eigenvalue weighted by Gasteiger charge is -2.13. The lowest BCUT2D eigenvalue weighted by molar-refractivity contribution is 0.0995. The number of aryl methyl sites for hydroxylation is 3. The van der Waals surface area contributed by atoms with Gasteiger partial charge in [-0.1, -0.05) is 30.0 Å². The number of rotatable bonds is 4. The van der Waals surface area contributed by atoms with Gasteiger partial charge in [0.2, 0.25) is 0 Å². The van der Waals surface area contributed by atoms with E-state index in [0.29, 0.717) is 10.6 Å². The summed E-state index contributed by atoms with van der Waals surface area (Å²) in [5, 5.41) is 10.6. The van der Waals surface area contributed by atoms with Crippen LogP contribution in [0, 0.1) is 32.1 Å². The average Bonchev–Trinajstić information content (AvgIpc) is 2.89. The first kappa shape index (κ1) is 17.2. The highest BCUT2D eigenvalue weighted by Crippen LogP contribution is 2.31. The summed E-state index contributed by atoms with van der Waals surface area (Å²) >= 11 is 1.35. The first-order valence-electron chi connectivity index (χ1n) is 8.09. The molecule has 0 fully saturated rings. The van der Waals surface area contributed by atoms with Gasteiger partial charge >= 0.3 is 0 Å². The number of nitriles is 1. The molecule has 0 saturated heterocycles. The molecular weight excluding hydrogens is 330 g/mol. The van der Waals surface area contributed by atoms with Crippen molar-refractivity contribution in [2.45, 2.75) is 38.0 Å². The normalized spacial score (nSPS) is 12.1. The maximum Gasteiger partial charge on any atom is 0.178 e. The van der Waals surface area contributed by atoms with E-state index in [9.17, 15) is 10.1 Å². The van der Waals surface area contributed by atoms with E-state index in [1.54, 1.807) is 0 Å². The van der Waals surface area contributed by atoms with Crippen LogP contribution in [0.1, 0.15) is 39.8 Å². The monoisotopic (exact) mass is 349 g/mol. The molecule has 1 atom stereocenters. The third-order valence-corrected chi connectivity index (χ3v) is 5.31. The number of benzene rings is 1. The number of nitrogens with zero attached hydrogens (tertiary/aromatic N) is 2. The molecule has 2 aromatic heterocycles. The fourth-order valence-corrected chi connectivity index (χ4v) is 4.12. The van der Waals surface area contributed by atoms with E-state index >= 15 is 0 Å². The molecule has 1 N–H and O–H groups in total. The number of hydrogen-bond acceptors (Lipinski definition) is 4. The van der Waals surface area contributed by atoms with Crippen LogP contribution in [-0.4, -0.2) is 21.0 Å². The second-order valence-electron chi connectivity index (χ2n) is 6.17. The first-order chi connectivity index (χ1) is 11.9. The molecule has 0 bridgehead atoms. The van der Waals surface area contributed by atoms with E-state index in [4.69, 9.17) is 0 Å². The predicted octanol–water partition coefficient (Wildman–Crippen LogP) is 4.72. The number of carbonyl (C=O) groups is 1. The van der Waals surface area contributed by atoms with Crippen LogP contribution < -0.4 is 0 Å². The van der Waals surface area contributed by atoms with Crippen molar-refractivity contribution < 1.29 is 4.79 Å². The fourth-order valence-electron chi connectivity index (χ4n) is 3.04. The number of H-pyrrole nitrogens is 1. The first-order valence-corrected chi connectivity index (χ1v) is 8.97. The maximum atomic E-state index is 13.1. The van der Waals surface area contributed by atoms with Gasteiger partial charge in [-0.3, -0.25) is 4.79 Å². The van der Waals surface area contributed by atoms with Crippen LogP contribution in [0.3, 0.4) is 0 Å². The van der Waals surface area contributed by atoms with Gasteiger partial charge in [0.25, 0.3) is 0 Å². The number of aromatic nitrogens is 2. The zero-order valence-electron chi connectivity index (χ0n) is 14.7. The molecule has 1 aromatic carbocycles. The minimum Gasteiger partial charge on any atom is -0.358 e. The second-order valence-corrected chi connectivity index (χ2v) is 7.50. The summed E-state index contributed by atoms with van der Waals surface area (Å²) in [6.45, 7) is 7.58. The Morgan fingerprint density at radius 3 is 2.72 bits per heavy atom. The van der Waals surface area contributed by atoms with Crippen LogP contribution in [0.4, 0.5) is 0 Å². The standard InChI is InChI=1S/C20H19N3OS/c1-11-9-12(2)22-20(16(11)10-21)25-14(4)19(24)18-13(3)23-17-8-6-5-7-15(17)18/h5-9,14,23H,1-4H3/t14-/m0/s1. The molecule has 0 aliphatic heterocycles. The van der Waals surface area contributed by atoms with E-state index in [-0.39, 0.29) is 11.0 Å². The molecule has 126 valence electrons. The molecule has 2 heterocycles. The SMILES string of the molecule is Cc1cc(C)c(C#N)c(S[C@@H](C)C(=O)c2c(C)[nH]c3ccccc23)n1. The largest absolute Gasteiger partial charge is 0.358 e. The quantitative estimate of drug-likeness (QED) is 0.546. The summed E-state index contributed by atoms with van der Waals surface area (Å²) in [5.41, 5.74) is 4.84. The zero-order chi connectivity index (χ0) is 18.1. The highest BCUT2D eigenvalue weighted by atomic mass is 32.2. The predicted molar refractivity (Wildman–Crippen MR) is 101 cm³/mol. The highest BCUT2D eigenvalue weighted by Gasteiger charge is 2.24. The molecule has 0 aliphatic carbocycles. The van der Waals surface area contributed by atoms with Crippen molar-refractivity contribution in [2.75, 3.05) is 0 Å². The number of Topliss-reactive ketones (excluding diaryl/α,β-unsaturated/α-hetero) is 1. The third-order valence-electron chi connectivity index (χ3n) is 4.22. The van der Waals surface area contributed by atoms with Crippen molar-refractivity contribution in [2.24, 2.45) is 0 Å². The molecular formula is C20H19N3OS. The Morgan fingerprint density at radius 1 is 1.28 bits per heavy atom. The number of aromatic amines is 1. The van der Waals surface area contributed by atoms with E-state index in [2.05, 4.69) is 16.0 Å². The Labute approximate surface area is 151 Å². The van der Waals surface area contributed by atoms with Crippen LogP contribution in [0.15, 0.2) is 35.4 Å². The molecule has 0 radical (unpaired) electrons. The van der Waals surface area contributed by atoms with Gasteiger partial charge in [0.15, 0.2) is 5.78 Å². The van der Waals surface area contributed by atoms with Crippen molar-refractivity contribution in [3.63, 3.8) is 0 Å². The number of thioether (sulfide) groups is 1. The van der Waals surface area contributed by atoms with Crippen LogP contribution in [0.25, 0.3) is 10.9 Å². The number of para-hydroxylation sites is 1. The molecule has 3 aromatic rings. The Balaban J connectivity index is 1.97. The van der Waals surface area contributed by atoms with E-state index in [1.807, 2.05) is 58.0 Å². The second kappa shape index (κ2) is 6.73. The lowest BCUT2D eigenvalue weighted by atomic mass is 10.1. The third kappa shape index (κ3) is 3.18. The molecule has 0 spiro atoms. The lowest BCUT2D eigenvalue weighted by Crippen LogP contribution is -2.15. The van der Waals surface area contributed by atoms with Crippen LogP contribution >= 0.6 is 11.8 Å². The fraction of sp³-hybridized carbons (Fsp3) is 0.250. The van der Waals surface area contributed by atoms with Gasteiger partial charge < -0.3 is 4.98 Å². The van der Waals surface area contributed by atoms with Crippen LogP contribution in [-0.2, 0) is 0 Å².